The molecule has 1 saturated heterocycles. The Morgan fingerprint density at radius 3 is 2.91 bits per heavy atom. The Hall–Kier alpha value is -0.520. The lowest BCUT2D eigenvalue weighted by molar-refractivity contribution is 0.145. The maximum absolute atomic E-state index is 5.24. The van der Waals surface area contributed by atoms with E-state index in [1.807, 2.05) is 0 Å². The largest absolute Gasteiger partial charge is 0.302 e. The number of nitrogens with zero attached hydrogens (tertiary/aromatic N) is 1. The molecule has 0 aromatic carbocycles. The molecule has 2 heteroatoms. The van der Waals surface area contributed by atoms with E-state index in [2.05, 4.69) is 30.0 Å². The van der Waals surface area contributed by atoms with Crippen molar-refractivity contribution >= 4 is 0 Å². The van der Waals surface area contributed by atoms with Gasteiger partial charge in [-0.25, -0.2) is 0 Å². The van der Waals surface area contributed by atoms with Crippen LogP contribution in [0, 0.1) is 12.3 Å². The van der Waals surface area contributed by atoms with E-state index in [1.54, 1.807) is 0 Å². The van der Waals surface area contributed by atoms with Crippen LogP contribution >= 0.6 is 0 Å². The predicted molar refractivity (Wildman–Crippen MR) is 47.1 cm³/mol. The minimum Gasteiger partial charge on any atom is -0.302 e. The van der Waals surface area contributed by atoms with Crippen molar-refractivity contribution in [3.8, 4) is 12.3 Å². The Kier molecular flexibility index (Phi) is 2.92. The number of nitrogens with one attached hydrogen (secondary N) is 1. The van der Waals surface area contributed by atoms with Gasteiger partial charge in [0.2, 0.25) is 0 Å². The Morgan fingerprint density at radius 2 is 2.36 bits per heavy atom. The Balaban J connectivity index is 2.39. The summed E-state index contributed by atoms with van der Waals surface area (Å²) in [7, 11) is 0. The lowest BCUT2D eigenvalue weighted by Crippen LogP contribution is -2.51. The molecule has 1 aliphatic rings. The summed E-state index contributed by atoms with van der Waals surface area (Å²) in [6, 6.07) is 1.27. The number of rotatable bonds is 1. The molecule has 0 aromatic rings. The summed E-state index contributed by atoms with van der Waals surface area (Å²) >= 11 is 0. The van der Waals surface area contributed by atoms with E-state index in [1.165, 1.54) is 6.42 Å². The maximum atomic E-state index is 5.24. The molecule has 1 N–H and O–H groups in total. The van der Waals surface area contributed by atoms with Crippen LogP contribution in [0.5, 0.6) is 0 Å². The van der Waals surface area contributed by atoms with Crippen molar-refractivity contribution in [1.29, 1.82) is 0 Å². The average molecular weight is 152 g/mol. The van der Waals surface area contributed by atoms with Crippen LogP contribution in [-0.2, 0) is 0 Å². The van der Waals surface area contributed by atoms with Crippen LogP contribution in [0.1, 0.15) is 20.3 Å². The normalized spacial score (nSPS) is 33.2. The topological polar surface area (TPSA) is 15.3 Å². The van der Waals surface area contributed by atoms with E-state index in [4.69, 9.17) is 6.42 Å². The fraction of sp³-hybridized carbons (Fsp3) is 0.778. The zero-order valence-corrected chi connectivity index (χ0v) is 7.30. The zero-order valence-electron chi connectivity index (χ0n) is 7.30. The molecule has 0 aromatic heterocycles. The minimum absolute atomic E-state index is 0.627. The van der Waals surface area contributed by atoms with E-state index in [-0.39, 0.29) is 0 Å². The van der Waals surface area contributed by atoms with Crippen molar-refractivity contribution in [2.45, 2.75) is 32.4 Å². The molecule has 0 saturated carbocycles. The molecule has 0 aliphatic carbocycles. The highest BCUT2D eigenvalue weighted by atomic mass is 15.3. The molecule has 62 valence electrons. The third-order valence-corrected chi connectivity index (χ3v) is 2.26. The molecule has 11 heavy (non-hydrogen) atoms. The van der Waals surface area contributed by atoms with Crippen LogP contribution in [0.15, 0.2) is 0 Å². The van der Waals surface area contributed by atoms with Gasteiger partial charge in [0, 0.05) is 18.8 Å². The molecular formula is C9H16N2. The molecule has 0 spiro atoms. The maximum Gasteiger partial charge on any atom is 0.0613 e. The van der Waals surface area contributed by atoms with Crippen LogP contribution in [0.2, 0.25) is 0 Å². The van der Waals surface area contributed by atoms with Crippen LogP contribution in [0.3, 0.4) is 0 Å². The minimum atomic E-state index is 0.627. The standard InChI is InChI=1S/C9H16N2/c1-4-5-11-7-10-8(2)6-9(11)3/h1,8-10H,5-7H2,2-3H3. The first-order valence-corrected chi connectivity index (χ1v) is 4.15. The van der Waals surface area contributed by atoms with Crippen molar-refractivity contribution in [2.75, 3.05) is 13.2 Å². The van der Waals surface area contributed by atoms with Crippen molar-refractivity contribution in [1.82, 2.24) is 10.2 Å². The second-order valence-electron chi connectivity index (χ2n) is 3.30. The third kappa shape index (κ3) is 2.21. The van der Waals surface area contributed by atoms with Gasteiger partial charge >= 0.3 is 0 Å². The summed E-state index contributed by atoms with van der Waals surface area (Å²) in [6.07, 6.45) is 6.43. The molecule has 1 rings (SSSR count). The molecule has 1 heterocycles. The summed E-state index contributed by atoms with van der Waals surface area (Å²) in [5.41, 5.74) is 0. The van der Waals surface area contributed by atoms with E-state index in [0.29, 0.717) is 12.1 Å². The lowest BCUT2D eigenvalue weighted by atomic mass is 10.1. The van der Waals surface area contributed by atoms with E-state index >= 15 is 0 Å². The van der Waals surface area contributed by atoms with E-state index < -0.39 is 0 Å². The van der Waals surface area contributed by atoms with E-state index in [9.17, 15) is 0 Å². The first-order chi connectivity index (χ1) is 5.24. The second kappa shape index (κ2) is 3.75. The first kappa shape index (κ1) is 8.58. The summed E-state index contributed by atoms with van der Waals surface area (Å²) < 4.78 is 0. The molecule has 1 fully saturated rings. The molecule has 2 unspecified atom stereocenters. The van der Waals surface area contributed by atoms with Gasteiger partial charge in [-0.2, -0.15) is 0 Å². The molecule has 2 atom stereocenters. The SMILES string of the molecule is C#CCN1CNC(C)CC1C. The van der Waals surface area contributed by atoms with Gasteiger partial charge in [0.05, 0.1) is 6.54 Å². The van der Waals surface area contributed by atoms with Crippen molar-refractivity contribution in [2.24, 2.45) is 0 Å². The summed E-state index contributed by atoms with van der Waals surface area (Å²) in [5.74, 6) is 2.67. The smallest absolute Gasteiger partial charge is 0.0613 e. The van der Waals surface area contributed by atoms with E-state index in [0.717, 1.165) is 13.2 Å². The van der Waals surface area contributed by atoms with Crippen LogP contribution < -0.4 is 5.32 Å². The zero-order chi connectivity index (χ0) is 8.27. The van der Waals surface area contributed by atoms with Gasteiger partial charge in [-0.3, -0.25) is 4.90 Å². The Bertz CT molecular complexity index is 159. The number of hydrogen-bond donors (Lipinski definition) is 1. The second-order valence-corrected chi connectivity index (χ2v) is 3.30. The van der Waals surface area contributed by atoms with Crippen molar-refractivity contribution in [3.05, 3.63) is 0 Å². The van der Waals surface area contributed by atoms with Gasteiger partial charge < -0.3 is 5.32 Å². The van der Waals surface area contributed by atoms with Crippen LogP contribution in [0.25, 0.3) is 0 Å². The van der Waals surface area contributed by atoms with Gasteiger partial charge in [0.1, 0.15) is 0 Å². The van der Waals surface area contributed by atoms with Gasteiger partial charge in [0.15, 0.2) is 0 Å². The molecular weight excluding hydrogens is 136 g/mol. The van der Waals surface area contributed by atoms with Crippen molar-refractivity contribution in [3.63, 3.8) is 0 Å². The average Bonchev–Trinajstić information content (AvgIpc) is 1.95. The Labute approximate surface area is 69.0 Å². The third-order valence-electron chi connectivity index (χ3n) is 2.26. The van der Waals surface area contributed by atoms with Gasteiger partial charge in [-0.1, -0.05) is 5.92 Å². The Morgan fingerprint density at radius 1 is 1.64 bits per heavy atom. The van der Waals surface area contributed by atoms with Gasteiger partial charge in [0.25, 0.3) is 0 Å². The quantitative estimate of drug-likeness (QED) is 0.555. The summed E-state index contributed by atoms with van der Waals surface area (Å²) in [6.45, 7) is 6.14. The number of terminal acetylenes is 1. The molecule has 0 amide bonds. The van der Waals surface area contributed by atoms with Crippen LogP contribution in [-0.4, -0.2) is 30.2 Å². The molecule has 2 nitrogen and oxygen atoms in total. The first-order valence-electron chi connectivity index (χ1n) is 4.15. The monoisotopic (exact) mass is 152 g/mol. The highest BCUT2D eigenvalue weighted by Gasteiger charge is 2.20. The fourth-order valence-corrected chi connectivity index (χ4v) is 1.50. The summed E-state index contributed by atoms with van der Waals surface area (Å²) in [5, 5.41) is 3.38. The highest BCUT2D eigenvalue weighted by molar-refractivity contribution is 4.91. The number of hydrogen-bond acceptors (Lipinski definition) is 2. The van der Waals surface area contributed by atoms with Gasteiger partial charge in [-0.05, 0) is 20.3 Å². The predicted octanol–water partition coefficient (Wildman–Crippen LogP) is 0.649. The van der Waals surface area contributed by atoms with Crippen molar-refractivity contribution < 1.29 is 0 Å². The molecule has 0 radical (unpaired) electrons. The highest BCUT2D eigenvalue weighted by Crippen LogP contribution is 2.10. The molecule has 1 aliphatic heterocycles. The lowest BCUT2D eigenvalue weighted by Gasteiger charge is -2.35. The molecule has 0 bridgehead atoms. The summed E-state index contributed by atoms with van der Waals surface area (Å²) in [4.78, 5) is 2.28. The van der Waals surface area contributed by atoms with Gasteiger partial charge in [-0.15, -0.1) is 6.42 Å². The van der Waals surface area contributed by atoms with Crippen LogP contribution in [0.4, 0.5) is 0 Å². The fourth-order valence-electron chi connectivity index (χ4n) is 1.50.